The van der Waals surface area contributed by atoms with Gasteiger partial charge >= 0.3 is 0 Å². The number of carbonyl (C=O) groups is 1. The molecular weight excluding hydrogens is 212 g/mol. The van der Waals surface area contributed by atoms with E-state index in [-0.39, 0.29) is 29.1 Å². The van der Waals surface area contributed by atoms with Crippen molar-refractivity contribution >= 4 is 5.78 Å². The van der Waals surface area contributed by atoms with Crippen LogP contribution in [0.3, 0.4) is 0 Å². The first-order valence-corrected chi connectivity index (χ1v) is 6.53. The fourth-order valence-corrected chi connectivity index (χ4v) is 3.41. The Morgan fingerprint density at radius 3 is 3.00 bits per heavy atom. The number of aliphatic hydroxyl groups is 1. The Balaban J connectivity index is 2.32. The second kappa shape index (κ2) is 4.41. The molecule has 0 aromatic carbocycles. The van der Waals surface area contributed by atoms with E-state index >= 15 is 0 Å². The fourth-order valence-electron chi connectivity index (χ4n) is 3.41. The molecule has 2 aliphatic rings. The third-order valence-corrected chi connectivity index (χ3v) is 4.87. The Morgan fingerprint density at radius 1 is 1.65 bits per heavy atom. The molecule has 0 amide bonds. The largest absolute Gasteiger partial charge is 0.393 e. The van der Waals surface area contributed by atoms with Gasteiger partial charge in [-0.15, -0.1) is 6.58 Å². The molecule has 0 aromatic rings. The van der Waals surface area contributed by atoms with Crippen molar-refractivity contribution in [3.63, 3.8) is 0 Å². The number of carbonyl (C=O) groups excluding carboxylic acids is 1. The molecule has 1 saturated carbocycles. The van der Waals surface area contributed by atoms with Crippen LogP contribution in [0.4, 0.5) is 0 Å². The van der Waals surface area contributed by atoms with Crippen LogP contribution in [0.5, 0.6) is 0 Å². The topological polar surface area (TPSA) is 37.3 Å². The van der Waals surface area contributed by atoms with E-state index in [1.54, 1.807) is 0 Å². The van der Waals surface area contributed by atoms with Gasteiger partial charge in [-0.3, -0.25) is 4.79 Å². The monoisotopic (exact) mass is 234 g/mol. The number of fused-ring (bicyclic) bond motifs is 1. The summed E-state index contributed by atoms with van der Waals surface area (Å²) in [4.78, 5) is 12.0. The Hall–Kier alpha value is -0.890. The molecule has 0 unspecified atom stereocenters. The first kappa shape index (κ1) is 12.6. The van der Waals surface area contributed by atoms with E-state index in [0.29, 0.717) is 0 Å². The van der Waals surface area contributed by atoms with E-state index in [1.165, 1.54) is 5.57 Å². The Kier molecular flexibility index (Phi) is 3.26. The lowest BCUT2D eigenvalue weighted by Gasteiger charge is -2.48. The van der Waals surface area contributed by atoms with Gasteiger partial charge in [-0.05, 0) is 43.1 Å². The van der Waals surface area contributed by atoms with Crippen LogP contribution >= 0.6 is 0 Å². The van der Waals surface area contributed by atoms with Crippen LogP contribution < -0.4 is 0 Å². The van der Waals surface area contributed by atoms with Crippen molar-refractivity contribution in [3.05, 3.63) is 24.3 Å². The number of allylic oxidation sites excluding steroid dienone is 3. The van der Waals surface area contributed by atoms with E-state index in [0.717, 1.165) is 25.7 Å². The van der Waals surface area contributed by atoms with Crippen molar-refractivity contribution in [1.82, 2.24) is 0 Å². The molecule has 94 valence electrons. The minimum absolute atomic E-state index is 0.000741. The molecule has 1 N–H and O–H groups in total. The van der Waals surface area contributed by atoms with E-state index in [4.69, 9.17) is 0 Å². The van der Waals surface area contributed by atoms with Gasteiger partial charge in [-0.25, -0.2) is 0 Å². The average Bonchev–Trinajstić information content (AvgIpc) is 2.29. The fraction of sp³-hybridized carbons (Fsp3) is 0.667. The van der Waals surface area contributed by atoms with Gasteiger partial charge in [0.1, 0.15) is 0 Å². The van der Waals surface area contributed by atoms with Crippen LogP contribution in [0.25, 0.3) is 0 Å². The summed E-state index contributed by atoms with van der Waals surface area (Å²) in [6.07, 6.45) is 6.73. The highest BCUT2D eigenvalue weighted by Gasteiger charge is 2.46. The highest BCUT2D eigenvalue weighted by molar-refractivity contribution is 5.93. The number of hydrogen-bond donors (Lipinski definition) is 1. The highest BCUT2D eigenvalue weighted by Crippen LogP contribution is 2.51. The number of ketones is 1. The highest BCUT2D eigenvalue weighted by atomic mass is 16.3. The summed E-state index contributed by atoms with van der Waals surface area (Å²) >= 11 is 0. The summed E-state index contributed by atoms with van der Waals surface area (Å²) in [5.41, 5.74) is 1.25. The third kappa shape index (κ3) is 1.99. The molecule has 17 heavy (non-hydrogen) atoms. The van der Waals surface area contributed by atoms with Crippen molar-refractivity contribution in [1.29, 1.82) is 0 Å². The predicted molar refractivity (Wildman–Crippen MR) is 68.5 cm³/mol. The van der Waals surface area contributed by atoms with Crippen molar-refractivity contribution in [2.75, 3.05) is 0 Å². The normalized spacial score (nSPS) is 41.7. The van der Waals surface area contributed by atoms with Gasteiger partial charge in [0.25, 0.3) is 0 Å². The average molecular weight is 234 g/mol. The standard InChI is InChI=1S/C15H22O2/c1-4-5-11-9-15(3)10(2)13(16)7-6-12(15)8-14(11)17/h4,8,10-11,13,16H,1,5-7,9H2,2-3H3/t10-,11+,13+,15+/m0/s1. The van der Waals surface area contributed by atoms with Crippen LogP contribution in [-0.4, -0.2) is 17.0 Å². The second-order valence-corrected chi connectivity index (χ2v) is 5.81. The first-order chi connectivity index (χ1) is 7.99. The van der Waals surface area contributed by atoms with E-state index in [9.17, 15) is 9.90 Å². The van der Waals surface area contributed by atoms with E-state index in [1.807, 2.05) is 12.2 Å². The number of aliphatic hydroxyl groups excluding tert-OH is 1. The summed E-state index contributed by atoms with van der Waals surface area (Å²) in [7, 11) is 0. The molecule has 2 nitrogen and oxygen atoms in total. The lowest BCUT2D eigenvalue weighted by molar-refractivity contribution is -0.121. The molecule has 4 atom stereocenters. The summed E-state index contributed by atoms with van der Waals surface area (Å²) in [6, 6.07) is 0. The van der Waals surface area contributed by atoms with Crippen molar-refractivity contribution in [2.45, 2.75) is 45.6 Å². The zero-order chi connectivity index (χ0) is 12.6. The predicted octanol–water partition coefficient (Wildman–Crippen LogP) is 2.88. The number of rotatable bonds is 2. The molecule has 0 spiro atoms. The van der Waals surface area contributed by atoms with Gasteiger partial charge in [0.15, 0.2) is 5.78 Å². The van der Waals surface area contributed by atoms with Gasteiger partial charge in [-0.1, -0.05) is 25.5 Å². The Morgan fingerprint density at radius 2 is 2.35 bits per heavy atom. The van der Waals surface area contributed by atoms with Gasteiger partial charge in [-0.2, -0.15) is 0 Å². The SMILES string of the molecule is C=CC[C@@H]1C[C@@]2(C)C(=CC1=O)CC[C@@H](O)[C@@H]2C. The smallest absolute Gasteiger partial charge is 0.159 e. The quantitative estimate of drug-likeness (QED) is 0.746. The lowest BCUT2D eigenvalue weighted by Crippen LogP contribution is -2.44. The minimum Gasteiger partial charge on any atom is -0.393 e. The maximum Gasteiger partial charge on any atom is 0.159 e. The minimum atomic E-state index is -0.227. The zero-order valence-electron chi connectivity index (χ0n) is 10.8. The molecule has 0 aliphatic heterocycles. The zero-order valence-corrected chi connectivity index (χ0v) is 10.8. The van der Waals surface area contributed by atoms with Crippen molar-refractivity contribution < 1.29 is 9.90 Å². The van der Waals surface area contributed by atoms with Crippen LogP contribution in [0, 0.1) is 17.3 Å². The molecule has 2 rings (SSSR count). The molecule has 0 bridgehead atoms. The third-order valence-electron chi connectivity index (χ3n) is 4.87. The van der Waals surface area contributed by atoms with E-state index < -0.39 is 0 Å². The first-order valence-electron chi connectivity index (χ1n) is 6.53. The van der Waals surface area contributed by atoms with Gasteiger partial charge in [0, 0.05) is 5.92 Å². The van der Waals surface area contributed by atoms with Crippen molar-refractivity contribution in [3.8, 4) is 0 Å². The maximum absolute atomic E-state index is 12.0. The molecular formula is C15H22O2. The summed E-state index contributed by atoms with van der Waals surface area (Å²) < 4.78 is 0. The summed E-state index contributed by atoms with van der Waals surface area (Å²) in [6.45, 7) is 8.04. The second-order valence-electron chi connectivity index (χ2n) is 5.81. The Bertz CT molecular complexity index is 369. The summed E-state index contributed by atoms with van der Waals surface area (Å²) in [5, 5.41) is 10.0. The number of hydrogen-bond acceptors (Lipinski definition) is 2. The molecule has 2 aliphatic carbocycles. The molecule has 0 saturated heterocycles. The molecule has 2 heteroatoms. The van der Waals surface area contributed by atoms with Crippen LogP contribution in [0.2, 0.25) is 0 Å². The van der Waals surface area contributed by atoms with Gasteiger partial charge in [0.05, 0.1) is 6.10 Å². The Labute approximate surface area is 103 Å². The maximum atomic E-state index is 12.0. The summed E-state index contributed by atoms with van der Waals surface area (Å²) in [5.74, 6) is 0.554. The molecule has 0 radical (unpaired) electrons. The van der Waals surface area contributed by atoms with Crippen LogP contribution in [0.15, 0.2) is 24.3 Å². The van der Waals surface area contributed by atoms with Gasteiger partial charge < -0.3 is 5.11 Å². The molecule has 0 aromatic heterocycles. The van der Waals surface area contributed by atoms with Gasteiger partial charge in [0.2, 0.25) is 0 Å². The lowest BCUT2D eigenvalue weighted by atomic mass is 9.57. The molecule has 1 fully saturated rings. The van der Waals surface area contributed by atoms with Crippen LogP contribution in [-0.2, 0) is 4.79 Å². The van der Waals surface area contributed by atoms with Crippen LogP contribution in [0.1, 0.15) is 39.5 Å². The molecule has 0 heterocycles. The van der Waals surface area contributed by atoms with E-state index in [2.05, 4.69) is 20.4 Å². The van der Waals surface area contributed by atoms with Crippen molar-refractivity contribution in [2.24, 2.45) is 17.3 Å².